The molecule has 2 rings (SSSR count). The van der Waals surface area contributed by atoms with E-state index in [2.05, 4.69) is 4.98 Å². The summed E-state index contributed by atoms with van der Waals surface area (Å²) in [5.74, 6) is 0.785. The number of rotatable bonds is 3. The van der Waals surface area contributed by atoms with Gasteiger partial charge in [-0.1, -0.05) is 30.3 Å². The zero-order valence-corrected chi connectivity index (χ0v) is 9.37. The molecule has 0 aliphatic carbocycles. The normalized spacial score (nSPS) is 10.6. The van der Waals surface area contributed by atoms with Gasteiger partial charge in [-0.15, -0.1) is 11.6 Å². The van der Waals surface area contributed by atoms with Gasteiger partial charge in [0.25, 0.3) is 0 Å². The lowest BCUT2D eigenvalue weighted by atomic mass is 10.1. The Morgan fingerprint density at radius 2 is 2.00 bits per heavy atom. The van der Waals surface area contributed by atoms with Crippen LogP contribution in [-0.4, -0.2) is 15.4 Å². The van der Waals surface area contributed by atoms with E-state index in [1.165, 1.54) is 4.57 Å². The van der Waals surface area contributed by atoms with E-state index in [-0.39, 0.29) is 5.69 Å². The lowest BCUT2D eigenvalue weighted by molar-refractivity contribution is 0.744. The summed E-state index contributed by atoms with van der Waals surface area (Å²) in [4.78, 5) is 14.3. The minimum atomic E-state index is -0.225. The third-order valence-corrected chi connectivity index (χ3v) is 2.56. The van der Waals surface area contributed by atoms with Gasteiger partial charge in [0.15, 0.2) is 0 Å². The number of imidazole rings is 1. The van der Waals surface area contributed by atoms with Crippen LogP contribution in [0.5, 0.6) is 0 Å². The van der Waals surface area contributed by atoms with Crippen LogP contribution >= 0.6 is 11.6 Å². The average Bonchev–Trinajstić information content (AvgIpc) is 2.59. The molecule has 0 saturated carbocycles. The number of anilines is 1. The topological polar surface area (TPSA) is 63.8 Å². The van der Waals surface area contributed by atoms with Gasteiger partial charge in [-0.05, 0) is 0 Å². The van der Waals surface area contributed by atoms with E-state index < -0.39 is 0 Å². The zero-order chi connectivity index (χ0) is 11.5. The molecular formula is C11H12ClN3O. The fourth-order valence-electron chi connectivity index (χ4n) is 1.61. The van der Waals surface area contributed by atoms with Gasteiger partial charge in [-0.25, -0.2) is 4.79 Å². The van der Waals surface area contributed by atoms with Crippen molar-refractivity contribution in [2.75, 3.05) is 11.6 Å². The first-order chi connectivity index (χ1) is 7.74. The second-order valence-electron chi connectivity index (χ2n) is 3.40. The molecule has 0 amide bonds. The Labute approximate surface area is 97.7 Å². The molecule has 1 aromatic carbocycles. The van der Waals surface area contributed by atoms with Crippen molar-refractivity contribution >= 4 is 17.4 Å². The van der Waals surface area contributed by atoms with Gasteiger partial charge < -0.3 is 10.7 Å². The molecule has 0 atom stereocenters. The number of halogens is 1. The third-order valence-electron chi connectivity index (χ3n) is 2.39. The highest BCUT2D eigenvalue weighted by atomic mass is 35.5. The molecule has 1 heterocycles. The van der Waals surface area contributed by atoms with Crippen molar-refractivity contribution in [3.63, 3.8) is 0 Å². The van der Waals surface area contributed by atoms with Gasteiger partial charge in [0, 0.05) is 18.0 Å². The molecule has 0 saturated heterocycles. The van der Waals surface area contributed by atoms with Crippen molar-refractivity contribution in [1.82, 2.24) is 9.55 Å². The summed E-state index contributed by atoms with van der Waals surface area (Å²) < 4.78 is 1.44. The maximum atomic E-state index is 11.6. The Morgan fingerprint density at radius 3 is 2.62 bits per heavy atom. The molecule has 5 heteroatoms. The van der Waals surface area contributed by atoms with Crippen LogP contribution in [0.2, 0.25) is 0 Å². The van der Waals surface area contributed by atoms with Gasteiger partial charge in [0.1, 0.15) is 5.82 Å². The van der Waals surface area contributed by atoms with Crippen LogP contribution in [0.15, 0.2) is 35.1 Å². The Balaban J connectivity index is 2.52. The van der Waals surface area contributed by atoms with E-state index >= 15 is 0 Å². The van der Waals surface area contributed by atoms with E-state index in [4.69, 9.17) is 17.3 Å². The van der Waals surface area contributed by atoms with E-state index in [0.29, 0.717) is 23.9 Å². The summed E-state index contributed by atoms with van der Waals surface area (Å²) in [6.07, 6.45) is 0. The van der Waals surface area contributed by atoms with Gasteiger partial charge >= 0.3 is 5.69 Å². The predicted molar refractivity (Wildman–Crippen MR) is 65.6 cm³/mol. The number of hydrogen-bond donors (Lipinski definition) is 2. The highest BCUT2D eigenvalue weighted by molar-refractivity contribution is 6.17. The van der Waals surface area contributed by atoms with Crippen molar-refractivity contribution in [2.24, 2.45) is 0 Å². The van der Waals surface area contributed by atoms with E-state index in [0.717, 1.165) is 5.56 Å². The van der Waals surface area contributed by atoms with Gasteiger partial charge in [-0.3, -0.25) is 4.57 Å². The number of hydrogen-bond acceptors (Lipinski definition) is 2. The first-order valence-electron chi connectivity index (χ1n) is 4.93. The molecule has 0 bridgehead atoms. The quantitative estimate of drug-likeness (QED) is 0.798. The first kappa shape index (κ1) is 10.8. The molecule has 0 radical (unpaired) electrons. The van der Waals surface area contributed by atoms with Crippen LogP contribution in [0.1, 0.15) is 0 Å². The highest BCUT2D eigenvalue weighted by Gasteiger charge is 2.11. The number of alkyl halides is 1. The van der Waals surface area contributed by atoms with Crippen LogP contribution in [0.25, 0.3) is 11.3 Å². The monoisotopic (exact) mass is 237 g/mol. The van der Waals surface area contributed by atoms with Crippen molar-refractivity contribution in [3.8, 4) is 11.3 Å². The summed E-state index contributed by atoms with van der Waals surface area (Å²) in [6, 6.07) is 9.49. The van der Waals surface area contributed by atoms with Crippen molar-refractivity contribution in [1.29, 1.82) is 0 Å². The number of benzene rings is 1. The van der Waals surface area contributed by atoms with Gasteiger partial charge in [-0.2, -0.15) is 0 Å². The van der Waals surface area contributed by atoms with Crippen LogP contribution in [-0.2, 0) is 6.54 Å². The smallest absolute Gasteiger partial charge is 0.327 e. The average molecular weight is 238 g/mol. The van der Waals surface area contributed by atoms with Crippen LogP contribution in [0, 0.1) is 0 Å². The number of nitrogens with one attached hydrogen (secondary N) is 1. The summed E-state index contributed by atoms with van der Waals surface area (Å²) >= 11 is 5.61. The summed E-state index contributed by atoms with van der Waals surface area (Å²) in [5, 5.41) is 0. The summed E-state index contributed by atoms with van der Waals surface area (Å²) in [6.45, 7) is 0.412. The molecule has 0 unspecified atom stereocenters. The molecule has 4 nitrogen and oxygen atoms in total. The number of aromatic amines is 1. The largest absolute Gasteiger partial charge is 0.383 e. The Morgan fingerprint density at radius 1 is 1.31 bits per heavy atom. The summed E-state index contributed by atoms with van der Waals surface area (Å²) in [5.41, 5.74) is 7.21. The van der Waals surface area contributed by atoms with Gasteiger partial charge in [0.05, 0.1) is 5.69 Å². The molecule has 0 aliphatic rings. The highest BCUT2D eigenvalue weighted by Crippen LogP contribution is 2.21. The third kappa shape index (κ3) is 1.84. The maximum absolute atomic E-state index is 11.6. The fraction of sp³-hybridized carbons (Fsp3) is 0.182. The SMILES string of the molecule is Nc1c(-c2ccccc2)[nH]c(=O)n1CCCl. The minimum Gasteiger partial charge on any atom is -0.383 e. The molecule has 84 valence electrons. The van der Waals surface area contributed by atoms with Crippen molar-refractivity contribution in [3.05, 3.63) is 40.8 Å². The molecule has 16 heavy (non-hydrogen) atoms. The lowest BCUT2D eigenvalue weighted by Gasteiger charge is -2.02. The van der Waals surface area contributed by atoms with Gasteiger partial charge in [0.2, 0.25) is 0 Å². The molecule has 0 aliphatic heterocycles. The number of aromatic nitrogens is 2. The number of H-pyrrole nitrogens is 1. The maximum Gasteiger partial charge on any atom is 0.327 e. The fourth-order valence-corrected chi connectivity index (χ4v) is 1.78. The Hall–Kier alpha value is -1.68. The molecule has 3 N–H and O–H groups in total. The number of nitrogen functional groups attached to an aromatic ring is 1. The van der Waals surface area contributed by atoms with E-state index in [1.807, 2.05) is 30.3 Å². The van der Waals surface area contributed by atoms with E-state index in [1.54, 1.807) is 0 Å². The second-order valence-corrected chi connectivity index (χ2v) is 3.78. The minimum absolute atomic E-state index is 0.225. The van der Waals surface area contributed by atoms with Crippen LogP contribution < -0.4 is 11.4 Å². The number of nitrogens with zero attached hydrogens (tertiary/aromatic N) is 1. The first-order valence-corrected chi connectivity index (χ1v) is 5.47. The predicted octanol–water partition coefficient (Wildman–Crippen LogP) is 1.66. The standard InChI is InChI=1S/C11H12ClN3O/c12-6-7-15-10(13)9(14-11(15)16)8-4-2-1-3-5-8/h1-5H,6-7,13H2,(H,14,16). The van der Waals surface area contributed by atoms with Crippen LogP contribution in [0.4, 0.5) is 5.82 Å². The molecule has 0 spiro atoms. The lowest BCUT2D eigenvalue weighted by Crippen LogP contribution is -2.19. The zero-order valence-electron chi connectivity index (χ0n) is 8.61. The Bertz CT molecular complexity index is 530. The molecular weight excluding hydrogens is 226 g/mol. The number of nitrogens with two attached hydrogens (primary N) is 1. The van der Waals surface area contributed by atoms with Crippen molar-refractivity contribution in [2.45, 2.75) is 6.54 Å². The van der Waals surface area contributed by atoms with E-state index in [9.17, 15) is 4.79 Å². The van der Waals surface area contributed by atoms with Crippen molar-refractivity contribution < 1.29 is 0 Å². The molecule has 2 aromatic rings. The second kappa shape index (κ2) is 4.45. The summed E-state index contributed by atoms with van der Waals surface area (Å²) in [7, 11) is 0. The Kier molecular flexibility index (Phi) is 3.01. The molecule has 1 aromatic heterocycles. The molecule has 0 fully saturated rings. The van der Waals surface area contributed by atoms with Crippen LogP contribution in [0.3, 0.4) is 0 Å².